The molecule has 112 valence electrons. The Hall–Kier alpha value is -1.23. The average Bonchev–Trinajstić information content (AvgIpc) is 2.94. The molecule has 0 saturated carbocycles. The molecule has 2 aromatic carbocycles. The van der Waals surface area contributed by atoms with Gasteiger partial charge in [0.1, 0.15) is 0 Å². The van der Waals surface area contributed by atoms with Gasteiger partial charge in [0.2, 0.25) is 6.79 Å². The van der Waals surface area contributed by atoms with E-state index < -0.39 is 0 Å². The van der Waals surface area contributed by atoms with Crippen LogP contribution in [0, 0.1) is 0 Å². The number of hydrogen-bond donors (Lipinski definition) is 1. The summed E-state index contributed by atoms with van der Waals surface area (Å²) in [5.74, 6) is 1.60. The van der Waals surface area contributed by atoms with Crippen LogP contribution < -0.4 is 14.8 Å². The molecule has 1 N–H and O–H groups in total. The minimum Gasteiger partial charge on any atom is -0.454 e. The highest BCUT2D eigenvalue weighted by Gasteiger charge is 2.18. The lowest BCUT2D eigenvalue weighted by atomic mass is 10.1. The third-order valence-corrected chi connectivity index (χ3v) is 3.99. The number of ether oxygens (including phenoxy) is 2. The molecule has 0 saturated heterocycles. The molecule has 1 aliphatic rings. The smallest absolute Gasteiger partial charge is 0.231 e. The van der Waals surface area contributed by atoms with Crippen LogP contribution in [-0.2, 0) is 6.54 Å². The van der Waals surface area contributed by atoms with Crippen LogP contribution in [-0.4, -0.2) is 6.79 Å². The van der Waals surface area contributed by atoms with Crippen LogP contribution in [0.1, 0.15) is 24.1 Å². The van der Waals surface area contributed by atoms with Gasteiger partial charge in [-0.3, -0.25) is 0 Å². The zero-order valence-electron chi connectivity index (χ0n) is 11.6. The summed E-state index contributed by atoms with van der Waals surface area (Å²) < 4.78 is 11.8. The minimum atomic E-state index is 0. The van der Waals surface area contributed by atoms with Gasteiger partial charge in [-0.05, 0) is 46.1 Å². The van der Waals surface area contributed by atoms with Gasteiger partial charge in [-0.1, -0.05) is 30.3 Å². The van der Waals surface area contributed by atoms with Crippen LogP contribution in [0.2, 0.25) is 0 Å². The van der Waals surface area contributed by atoms with Crippen LogP contribution >= 0.6 is 28.3 Å². The molecule has 0 aliphatic carbocycles. The Kier molecular flexibility index (Phi) is 5.51. The van der Waals surface area contributed by atoms with Gasteiger partial charge >= 0.3 is 0 Å². The molecule has 1 unspecified atom stereocenters. The topological polar surface area (TPSA) is 30.5 Å². The van der Waals surface area contributed by atoms with E-state index in [-0.39, 0.29) is 12.4 Å². The van der Waals surface area contributed by atoms with E-state index in [1.54, 1.807) is 0 Å². The highest BCUT2D eigenvalue weighted by Crippen LogP contribution is 2.40. The van der Waals surface area contributed by atoms with E-state index in [0.717, 1.165) is 22.5 Å². The molecule has 0 radical (unpaired) electrons. The molecule has 0 spiro atoms. The zero-order chi connectivity index (χ0) is 13.9. The average molecular weight is 371 g/mol. The van der Waals surface area contributed by atoms with Gasteiger partial charge in [-0.15, -0.1) is 12.4 Å². The maximum Gasteiger partial charge on any atom is 0.231 e. The van der Waals surface area contributed by atoms with E-state index in [9.17, 15) is 0 Å². The Morgan fingerprint density at radius 2 is 1.95 bits per heavy atom. The van der Waals surface area contributed by atoms with Gasteiger partial charge in [-0.25, -0.2) is 0 Å². The standard InChI is InChI=1S/C16H16BrNO2.ClH/c1-11(13-5-3-2-4-6-13)18-9-12-7-14(17)16-15(8-12)19-10-20-16;/h2-8,11,18H,9-10H2,1H3;1H. The Balaban J connectivity index is 0.00000161. The largest absolute Gasteiger partial charge is 0.454 e. The van der Waals surface area contributed by atoms with E-state index in [1.165, 1.54) is 11.1 Å². The summed E-state index contributed by atoms with van der Waals surface area (Å²) in [5, 5.41) is 3.52. The van der Waals surface area contributed by atoms with E-state index in [2.05, 4.69) is 58.5 Å². The Labute approximate surface area is 139 Å². The highest BCUT2D eigenvalue weighted by atomic mass is 79.9. The van der Waals surface area contributed by atoms with Crippen LogP contribution in [0.15, 0.2) is 46.9 Å². The van der Waals surface area contributed by atoms with E-state index in [4.69, 9.17) is 9.47 Å². The first-order valence-electron chi connectivity index (χ1n) is 6.60. The third-order valence-electron chi connectivity index (χ3n) is 3.40. The van der Waals surface area contributed by atoms with Crippen molar-refractivity contribution < 1.29 is 9.47 Å². The van der Waals surface area contributed by atoms with Crippen molar-refractivity contribution in [1.29, 1.82) is 0 Å². The molecular formula is C16H17BrClNO2. The normalized spacial score (nSPS) is 13.6. The fourth-order valence-corrected chi connectivity index (χ4v) is 2.86. The Morgan fingerprint density at radius 1 is 1.19 bits per heavy atom. The van der Waals surface area contributed by atoms with Gasteiger partial charge in [-0.2, -0.15) is 0 Å². The second kappa shape index (κ2) is 7.16. The molecule has 0 aromatic heterocycles. The predicted octanol–water partition coefficient (Wildman–Crippen LogP) is 4.45. The summed E-state index contributed by atoms with van der Waals surface area (Å²) >= 11 is 3.52. The van der Waals surface area contributed by atoms with Crippen molar-refractivity contribution in [2.45, 2.75) is 19.5 Å². The molecule has 1 atom stereocenters. The summed E-state index contributed by atoms with van der Waals surface area (Å²) in [7, 11) is 0. The molecule has 2 aromatic rings. The molecule has 5 heteroatoms. The number of halogens is 2. The van der Waals surface area contributed by atoms with Crippen molar-refractivity contribution in [3.05, 3.63) is 58.1 Å². The molecule has 0 fully saturated rings. The lowest BCUT2D eigenvalue weighted by molar-refractivity contribution is 0.173. The van der Waals surface area contributed by atoms with Crippen molar-refractivity contribution in [2.75, 3.05) is 6.79 Å². The maximum absolute atomic E-state index is 5.43. The predicted molar refractivity (Wildman–Crippen MR) is 89.2 cm³/mol. The van der Waals surface area contributed by atoms with E-state index in [0.29, 0.717) is 12.8 Å². The van der Waals surface area contributed by atoms with Crippen molar-refractivity contribution >= 4 is 28.3 Å². The number of benzene rings is 2. The molecule has 3 rings (SSSR count). The second-order valence-electron chi connectivity index (χ2n) is 4.82. The number of nitrogens with one attached hydrogen (secondary N) is 1. The molecule has 21 heavy (non-hydrogen) atoms. The highest BCUT2D eigenvalue weighted by molar-refractivity contribution is 9.10. The molecule has 0 amide bonds. The quantitative estimate of drug-likeness (QED) is 0.862. The number of fused-ring (bicyclic) bond motifs is 1. The fourth-order valence-electron chi connectivity index (χ4n) is 2.25. The molecule has 0 bridgehead atoms. The SMILES string of the molecule is CC(NCc1cc(Br)c2c(c1)OCO2)c1ccccc1.Cl. The number of rotatable bonds is 4. The van der Waals surface area contributed by atoms with Gasteiger partial charge in [0, 0.05) is 12.6 Å². The van der Waals surface area contributed by atoms with Crippen LogP contribution in [0.5, 0.6) is 11.5 Å². The number of hydrogen-bond acceptors (Lipinski definition) is 3. The van der Waals surface area contributed by atoms with E-state index in [1.807, 2.05) is 12.1 Å². The van der Waals surface area contributed by atoms with Gasteiger partial charge in [0.25, 0.3) is 0 Å². The van der Waals surface area contributed by atoms with Gasteiger partial charge in [0.05, 0.1) is 4.47 Å². The Morgan fingerprint density at radius 3 is 2.71 bits per heavy atom. The third kappa shape index (κ3) is 3.70. The summed E-state index contributed by atoms with van der Waals surface area (Å²) in [6, 6.07) is 14.8. The lowest BCUT2D eigenvalue weighted by Crippen LogP contribution is -2.17. The van der Waals surface area contributed by atoms with Crippen molar-refractivity contribution in [3.63, 3.8) is 0 Å². The monoisotopic (exact) mass is 369 g/mol. The van der Waals surface area contributed by atoms with Gasteiger partial charge < -0.3 is 14.8 Å². The zero-order valence-corrected chi connectivity index (χ0v) is 14.0. The van der Waals surface area contributed by atoms with Crippen molar-refractivity contribution in [2.24, 2.45) is 0 Å². The fraction of sp³-hybridized carbons (Fsp3) is 0.250. The molecule has 1 aliphatic heterocycles. The van der Waals surface area contributed by atoms with Crippen LogP contribution in [0.3, 0.4) is 0 Å². The summed E-state index contributed by atoms with van der Waals surface area (Å²) in [4.78, 5) is 0. The first-order chi connectivity index (χ1) is 9.74. The molecule has 3 nitrogen and oxygen atoms in total. The van der Waals surface area contributed by atoms with Crippen molar-refractivity contribution in [3.8, 4) is 11.5 Å². The second-order valence-corrected chi connectivity index (χ2v) is 5.68. The summed E-state index contributed by atoms with van der Waals surface area (Å²) in [5.41, 5.74) is 2.45. The minimum absolute atomic E-state index is 0. The van der Waals surface area contributed by atoms with E-state index >= 15 is 0 Å². The van der Waals surface area contributed by atoms with Crippen LogP contribution in [0.4, 0.5) is 0 Å². The summed E-state index contributed by atoms with van der Waals surface area (Å²) in [6.45, 7) is 3.24. The molecular weight excluding hydrogens is 354 g/mol. The first kappa shape index (κ1) is 16.1. The maximum atomic E-state index is 5.43. The summed E-state index contributed by atoms with van der Waals surface area (Å²) in [6.07, 6.45) is 0. The van der Waals surface area contributed by atoms with Crippen LogP contribution in [0.25, 0.3) is 0 Å². The Bertz CT molecular complexity index is 607. The van der Waals surface area contributed by atoms with Crippen molar-refractivity contribution in [1.82, 2.24) is 5.32 Å². The first-order valence-corrected chi connectivity index (χ1v) is 7.39. The van der Waals surface area contributed by atoms with Gasteiger partial charge in [0.15, 0.2) is 11.5 Å². The molecule has 1 heterocycles. The lowest BCUT2D eigenvalue weighted by Gasteiger charge is -2.14.